The molecular weight excluding hydrogens is 302 g/mol. The average Bonchev–Trinajstić information content (AvgIpc) is 2.64. The van der Waals surface area contributed by atoms with Gasteiger partial charge in [0.25, 0.3) is 5.91 Å². The summed E-state index contributed by atoms with van der Waals surface area (Å²) in [6.07, 6.45) is 1.58. The van der Waals surface area contributed by atoms with Crippen LogP contribution < -0.4 is 9.64 Å². The molecule has 24 heavy (non-hydrogen) atoms. The summed E-state index contributed by atoms with van der Waals surface area (Å²) in [6.45, 7) is 7.43. The minimum absolute atomic E-state index is 0.0331. The minimum Gasteiger partial charge on any atom is -0.481 e. The van der Waals surface area contributed by atoms with Gasteiger partial charge in [0.2, 0.25) is 5.88 Å². The number of piperazine rings is 1. The number of carbonyl (C=O) groups is 1. The Morgan fingerprint density at radius 3 is 2.46 bits per heavy atom. The SMILES string of the molecule is COc1ccc(C(=O)N2CCN(c3cccc(C)c3C)CC2)cn1. The number of benzene rings is 1. The van der Waals surface area contributed by atoms with Crippen LogP contribution in [-0.2, 0) is 0 Å². The number of ether oxygens (including phenoxy) is 1. The number of hydrogen-bond donors (Lipinski definition) is 0. The Morgan fingerprint density at radius 1 is 1.08 bits per heavy atom. The van der Waals surface area contributed by atoms with Gasteiger partial charge in [-0.15, -0.1) is 0 Å². The molecule has 5 nitrogen and oxygen atoms in total. The summed E-state index contributed by atoms with van der Waals surface area (Å²) in [6, 6.07) is 9.88. The Balaban J connectivity index is 1.66. The number of aryl methyl sites for hydroxylation is 1. The first kappa shape index (κ1) is 16.3. The van der Waals surface area contributed by atoms with Gasteiger partial charge in [-0.3, -0.25) is 4.79 Å². The number of rotatable bonds is 3. The lowest BCUT2D eigenvalue weighted by molar-refractivity contribution is 0.0746. The Kier molecular flexibility index (Phi) is 4.69. The lowest BCUT2D eigenvalue weighted by Gasteiger charge is -2.37. The van der Waals surface area contributed by atoms with Crippen molar-refractivity contribution in [3.8, 4) is 5.88 Å². The van der Waals surface area contributed by atoms with Gasteiger partial charge in [0.05, 0.1) is 12.7 Å². The van der Waals surface area contributed by atoms with Crippen LogP contribution in [0, 0.1) is 13.8 Å². The maximum Gasteiger partial charge on any atom is 0.255 e. The quantitative estimate of drug-likeness (QED) is 0.870. The lowest BCUT2D eigenvalue weighted by atomic mass is 10.1. The molecule has 1 saturated heterocycles. The first-order chi connectivity index (χ1) is 11.6. The molecule has 2 aromatic rings. The Labute approximate surface area is 142 Å². The van der Waals surface area contributed by atoms with Crippen LogP contribution >= 0.6 is 0 Å². The zero-order valence-electron chi connectivity index (χ0n) is 14.5. The van der Waals surface area contributed by atoms with Crippen molar-refractivity contribution in [2.75, 3.05) is 38.2 Å². The lowest BCUT2D eigenvalue weighted by Crippen LogP contribution is -2.49. The molecule has 0 unspecified atom stereocenters. The predicted molar refractivity (Wildman–Crippen MR) is 94.8 cm³/mol. The molecule has 1 aromatic heterocycles. The number of amides is 1. The van der Waals surface area contributed by atoms with Gasteiger partial charge in [-0.1, -0.05) is 12.1 Å². The van der Waals surface area contributed by atoms with Crippen LogP contribution in [0.25, 0.3) is 0 Å². The highest BCUT2D eigenvalue weighted by molar-refractivity contribution is 5.94. The molecular formula is C19H23N3O2. The molecule has 0 radical (unpaired) electrons. The largest absolute Gasteiger partial charge is 0.481 e. The fourth-order valence-electron chi connectivity index (χ4n) is 3.04. The van der Waals surface area contributed by atoms with E-state index in [1.165, 1.54) is 16.8 Å². The summed E-state index contributed by atoms with van der Waals surface area (Å²) in [5.41, 5.74) is 4.50. The van der Waals surface area contributed by atoms with E-state index in [1.54, 1.807) is 25.4 Å². The van der Waals surface area contributed by atoms with Gasteiger partial charge in [-0.2, -0.15) is 0 Å². The fourth-order valence-corrected chi connectivity index (χ4v) is 3.04. The van der Waals surface area contributed by atoms with Crippen LogP contribution in [0.15, 0.2) is 36.5 Å². The number of anilines is 1. The maximum atomic E-state index is 12.6. The van der Waals surface area contributed by atoms with Gasteiger partial charge in [0, 0.05) is 44.1 Å². The van der Waals surface area contributed by atoms with Crippen LogP contribution in [0.5, 0.6) is 5.88 Å². The summed E-state index contributed by atoms with van der Waals surface area (Å²) < 4.78 is 5.04. The van der Waals surface area contributed by atoms with Crippen molar-refractivity contribution in [2.45, 2.75) is 13.8 Å². The molecule has 0 aliphatic carbocycles. The normalized spacial score (nSPS) is 14.6. The van der Waals surface area contributed by atoms with Gasteiger partial charge in [-0.05, 0) is 37.1 Å². The molecule has 3 rings (SSSR count). The number of methoxy groups -OCH3 is 1. The van der Waals surface area contributed by atoms with E-state index < -0.39 is 0 Å². The molecule has 0 spiro atoms. The number of hydrogen-bond acceptors (Lipinski definition) is 4. The van der Waals surface area contributed by atoms with Gasteiger partial charge in [0.1, 0.15) is 0 Å². The standard InChI is InChI=1S/C19H23N3O2/c1-14-5-4-6-17(15(14)2)21-9-11-22(12-10-21)19(23)16-7-8-18(24-3)20-13-16/h4-8,13H,9-12H2,1-3H3. The highest BCUT2D eigenvalue weighted by Crippen LogP contribution is 2.24. The second-order valence-electron chi connectivity index (χ2n) is 6.09. The van der Waals surface area contributed by atoms with Gasteiger partial charge in [-0.25, -0.2) is 4.98 Å². The smallest absolute Gasteiger partial charge is 0.255 e. The topological polar surface area (TPSA) is 45.7 Å². The predicted octanol–water partition coefficient (Wildman–Crippen LogP) is 2.67. The number of aromatic nitrogens is 1. The minimum atomic E-state index is 0.0331. The van der Waals surface area contributed by atoms with E-state index in [9.17, 15) is 4.79 Å². The first-order valence-electron chi connectivity index (χ1n) is 8.20. The van der Waals surface area contributed by atoms with Crippen LogP contribution in [0.2, 0.25) is 0 Å². The van der Waals surface area contributed by atoms with Crippen LogP contribution in [0.1, 0.15) is 21.5 Å². The molecule has 1 aromatic carbocycles. The summed E-state index contributed by atoms with van der Waals surface area (Å²) in [4.78, 5) is 21.0. The molecule has 5 heteroatoms. The summed E-state index contributed by atoms with van der Waals surface area (Å²) in [7, 11) is 1.57. The third kappa shape index (κ3) is 3.20. The number of carbonyl (C=O) groups excluding carboxylic acids is 1. The van der Waals surface area contributed by atoms with Crippen LogP contribution in [0.3, 0.4) is 0 Å². The molecule has 126 valence electrons. The van der Waals surface area contributed by atoms with Gasteiger partial charge < -0.3 is 14.5 Å². The Bertz CT molecular complexity index is 720. The van der Waals surface area contributed by atoms with E-state index >= 15 is 0 Å². The van der Waals surface area contributed by atoms with Crippen molar-refractivity contribution in [1.82, 2.24) is 9.88 Å². The highest BCUT2D eigenvalue weighted by Gasteiger charge is 2.23. The van der Waals surface area contributed by atoms with Crippen molar-refractivity contribution in [3.63, 3.8) is 0 Å². The van der Waals surface area contributed by atoms with Crippen molar-refractivity contribution >= 4 is 11.6 Å². The zero-order chi connectivity index (χ0) is 17.1. The van der Waals surface area contributed by atoms with E-state index in [4.69, 9.17) is 4.74 Å². The van der Waals surface area contributed by atoms with Crippen molar-refractivity contribution in [3.05, 3.63) is 53.2 Å². The van der Waals surface area contributed by atoms with Crippen LogP contribution in [0.4, 0.5) is 5.69 Å². The van der Waals surface area contributed by atoms with Gasteiger partial charge >= 0.3 is 0 Å². The van der Waals surface area contributed by atoms with Crippen molar-refractivity contribution in [2.24, 2.45) is 0 Å². The summed E-state index contributed by atoms with van der Waals surface area (Å²) >= 11 is 0. The maximum absolute atomic E-state index is 12.6. The molecule has 0 N–H and O–H groups in total. The molecule has 2 heterocycles. The fraction of sp³-hybridized carbons (Fsp3) is 0.368. The second-order valence-corrected chi connectivity index (χ2v) is 6.09. The number of pyridine rings is 1. The molecule has 1 aliphatic heterocycles. The molecule has 0 bridgehead atoms. The number of nitrogens with zero attached hydrogens (tertiary/aromatic N) is 3. The van der Waals surface area contributed by atoms with E-state index in [1.807, 2.05) is 4.90 Å². The highest BCUT2D eigenvalue weighted by atomic mass is 16.5. The van der Waals surface area contributed by atoms with Crippen LogP contribution in [-0.4, -0.2) is 49.1 Å². The van der Waals surface area contributed by atoms with E-state index in [0.717, 1.165) is 26.2 Å². The Morgan fingerprint density at radius 2 is 1.83 bits per heavy atom. The second kappa shape index (κ2) is 6.91. The van der Waals surface area contributed by atoms with E-state index in [2.05, 4.69) is 41.9 Å². The van der Waals surface area contributed by atoms with E-state index in [-0.39, 0.29) is 5.91 Å². The zero-order valence-corrected chi connectivity index (χ0v) is 14.5. The monoisotopic (exact) mass is 325 g/mol. The van der Waals surface area contributed by atoms with Crippen molar-refractivity contribution in [1.29, 1.82) is 0 Å². The molecule has 1 fully saturated rings. The van der Waals surface area contributed by atoms with Gasteiger partial charge in [0.15, 0.2) is 0 Å². The third-order valence-electron chi connectivity index (χ3n) is 4.68. The third-order valence-corrected chi connectivity index (χ3v) is 4.68. The molecule has 1 amide bonds. The first-order valence-corrected chi connectivity index (χ1v) is 8.20. The summed E-state index contributed by atoms with van der Waals surface area (Å²) in [5.74, 6) is 0.553. The summed E-state index contributed by atoms with van der Waals surface area (Å²) in [5, 5.41) is 0. The molecule has 0 saturated carbocycles. The van der Waals surface area contributed by atoms with Crippen molar-refractivity contribution < 1.29 is 9.53 Å². The molecule has 0 atom stereocenters. The average molecular weight is 325 g/mol. The Hall–Kier alpha value is -2.56. The van der Waals surface area contributed by atoms with E-state index in [0.29, 0.717) is 11.4 Å². The molecule has 1 aliphatic rings.